The molecule has 1 rings (SSSR count). The van der Waals surface area contributed by atoms with Crippen LogP contribution in [0.25, 0.3) is 0 Å². The van der Waals surface area contributed by atoms with Crippen molar-refractivity contribution in [2.75, 3.05) is 5.73 Å². The zero-order valence-corrected chi connectivity index (χ0v) is 10.8. The monoisotopic (exact) mass is 256 g/mol. The number of nitrogens with two attached hydrogens (primary N) is 1. The van der Waals surface area contributed by atoms with Gasteiger partial charge in [-0.2, -0.15) is 0 Å². The maximum atomic E-state index is 13.6. The number of hydrogen-bond donors (Lipinski definition) is 2. The highest BCUT2D eigenvalue weighted by Crippen LogP contribution is 2.18. The average molecular weight is 256 g/mol. The van der Waals surface area contributed by atoms with Crippen molar-refractivity contribution in [1.29, 1.82) is 0 Å². The van der Waals surface area contributed by atoms with Gasteiger partial charge in [-0.1, -0.05) is 20.8 Å². The van der Waals surface area contributed by atoms with Crippen LogP contribution in [0.1, 0.15) is 37.6 Å². The van der Waals surface area contributed by atoms with Gasteiger partial charge in [0.1, 0.15) is 5.82 Å². The van der Waals surface area contributed by atoms with Crippen molar-refractivity contribution in [3.05, 3.63) is 29.3 Å². The summed E-state index contributed by atoms with van der Waals surface area (Å²) in [4.78, 5) is 11.9. The van der Waals surface area contributed by atoms with Crippen LogP contribution in [0.15, 0.2) is 12.1 Å². The summed E-state index contributed by atoms with van der Waals surface area (Å²) in [5, 5.41) is 2.68. The van der Waals surface area contributed by atoms with Gasteiger partial charge in [0.15, 0.2) is 5.82 Å². The smallest absolute Gasteiger partial charge is 0.254 e. The molecule has 0 bridgehead atoms. The van der Waals surface area contributed by atoms with Gasteiger partial charge in [-0.3, -0.25) is 4.79 Å². The Morgan fingerprint density at radius 2 is 2.00 bits per heavy atom. The van der Waals surface area contributed by atoms with Crippen LogP contribution in [0.5, 0.6) is 0 Å². The van der Waals surface area contributed by atoms with E-state index in [9.17, 15) is 13.6 Å². The molecule has 0 aromatic heterocycles. The van der Waals surface area contributed by atoms with E-state index in [0.717, 1.165) is 18.6 Å². The van der Waals surface area contributed by atoms with E-state index in [4.69, 9.17) is 5.73 Å². The molecule has 18 heavy (non-hydrogen) atoms. The number of anilines is 1. The molecular formula is C13H18F2N2O. The lowest BCUT2D eigenvalue weighted by atomic mass is 10.0. The van der Waals surface area contributed by atoms with Crippen LogP contribution < -0.4 is 11.1 Å². The molecule has 5 heteroatoms. The molecule has 3 nitrogen and oxygen atoms in total. The molecule has 1 atom stereocenters. The molecule has 3 N–H and O–H groups in total. The van der Waals surface area contributed by atoms with Gasteiger partial charge < -0.3 is 11.1 Å². The molecule has 1 aromatic carbocycles. The Labute approximate surface area is 105 Å². The number of carbonyl (C=O) groups is 1. The average Bonchev–Trinajstić information content (AvgIpc) is 2.29. The fraction of sp³-hybridized carbons (Fsp3) is 0.462. The second-order valence-corrected chi connectivity index (χ2v) is 4.59. The minimum absolute atomic E-state index is 0.0820. The number of rotatable bonds is 4. The molecule has 1 aromatic rings. The van der Waals surface area contributed by atoms with E-state index in [2.05, 4.69) is 5.32 Å². The lowest BCUT2D eigenvalue weighted by molar-refractivity contribution is 0.0920. The van der Waals surface area contributed by atoms with Gasteiger partial charge in [-0.05, 0) is 24.5 Å². The van der Waals surface area contributed by atoms with Crippen LogP contribution in [-0.4, -0.2) is 11.9 Å². The van der Waals surface area contributed by atoms with Crippen LogP contribution in [0.3, 0.4) is 0 Å². The number of hydrogen-bond acceptors (Lipinski definition) is 2. The second kappa shape index (κ2) is 5.80. The fourth-order valence-corrected chi connectivity index (χ4v) is 1.76. The maximum absolute atomic E-state index is 13.6. The third-order valence-corrected chi connectivity index (χ3v) is 2.87. The standard InChI is InChI=1S/C13H18F2N2O/c1-4-11(7(2)3)17-13(18)9-5-8(14)6-10(16)12(9)15/h5-7,11H,4,16H2,1-3H3,(H,17,18). The first-order valence-electron chi connectivity index (χ1n) is 5.92. The predicted octanol–water partition coefficient (Wildman–Crippen LogP) is 2.71. The SMILES string of the molecule is CCC(NC(=O)c1cc(F)cc(N)c1F)C(C)C. The Bertz CT molecular complexity index is 447. The highest BCUT2D eigenvalue weighted by atomic mass is 19.1. The van der Waals surface area contributed by atoms with Crippen LogP contribution in [0.4, 0.5) is 14.5 Å². The minimum Gasteiger partial charge on any atom is -0.396 e. The summed E-state index contributed by atoms with van der Waals surface area (Å²) in [6, 6.07) is 1.63. The summed E-state index contributed by atoms with van der Waals surface area (Å²) in [6.45, 7) is 5.82. The van der Waals surface area contributed by atoms with Crippen LogP contribution in [0, 0.1) is 17.6 Å². The molecule has 0 radical (unpaired) electrons. The van der Waals surface area contributed by atoms with Crippen LogP contribution >= 0.6 is 0 Å². The van der Waals surface area contributed by atoms with Gasteiger partial charge >= 0.3 is 0 Å². The van der Waals surface area contributed by atoms with Gasteiger partial charge in [0, 0.05) is 6.04 Å². The number of halogens is 2. The van der Waals surface area contributed by atoms with Crippen molar-refractivity contribution in [3.63, 3.8) is 0 Å². The topological polar surface area (TPSA) is 55.1 Å². The summed E-state index contributed by atoms with van der Waals surface area (Å²) in [6.07, 6.45) is 0.718. The maximum Gasteiger partial charge on any atom is 0.254 e. The first-order valence-corrected chi connectivity index (χ1v) is 5.92. The number of benzene rings is 1. The lowest BCUT2D eigenvalue weighted by Gasteiger charge is -2.21. The van der Waals surface area contributed by atoms with E-state index in [1.165, 1.54) is 0 Å². The molecule has 100 valence electrons. The van der Waals surface area contributed by atoms with E-state index >= 15 is 0 Å². The van der Waals surface area contributed by atoms with Gasteiger partial charge in [-0.25, -0.2) is 8.78 Å². The zero-order valence-electron chi connectivity index (χ0n) is 10.8. The van der Waals surface area contributed by atoms with Gasteiger partial charge in [0.25, 0.3) is 5.91 Å². The lowest BCUT2D eigenvalue weighted by Crippen LogP contribution is -2.38. The number of carbonyl (C=O) groups excluding carboxylic acids is 1. The fourth-order valence-electron chi connectivity index (χ4n) is 1.76. The largest absolute Gasteiger partial charge is 0.396 e. The third kappa shape index (κ3) is 3.18. The van der Waals surface area contributed by atoms with E-state index in [1.54, 1.807) is 0 Å². The zero-order chi connectivity index (χ0) is 13.9. The molecule has 0 fully saturated rings. The molecule has 0 saturated heterocycles. The Kier molecular flexibility index (Phi) is 4.64. The van der Waals surface area contributed by atoms with Crippen molar-refractivity contribution in [1.82, 2.24) is 5.32 Å². The molecule has 0 saturated carbocycles. The van der Waals surface area contributed by atoms with Crippen molar-refractivity contribution < 1.29 is 13.6 Å². The van der Waals surface area contributed by atoms with E-state index in [0.29, 0.717) is 0 Å². The number of nitrogens with one attached hydrogen (secondary N) is 1. The summed E-state index contributed by atoms with van der Waals surface area (Å²) in [5.74, 6) is -2.03. The molecule has 0 heterocycles. The van der Waals surface area contributed by atoms with Crippen molar-refractivity contribution in [3.8, 4) is 0 Å². The Morgan fingerprint density at radius 3 is 2.50 bits per heavy atom. The van der Waals surface area contributed by atoms with E-state index in [1.807, 2.05) is 20.8 Å². The van der Waals surface area contributed by atoms with Gasteiger partial charge in [-0.15, -0.1) is 0 Å². The van der Waals surface area contributed by atoms with E-state index < -0.39 is 17.5 Å². The predicted molar refractivity (Wildman–Crippen MR) is 67.2 cm³/mol. The van der Waals surface area contributed by atoms with Crippen LogP contribution in [-0.2, 0) is 0 Å². The normalized spacial score (nSPS) is 12.6. The van der Waals surface area contributed by atoms with Crippen molar-refractivity contribution >= 4 is 11.6 Å². The number of amides is 1. The molecule has 1 unspecified atom stereocenters. The highest BCUT2D eigenvalue weighted by molar-refractivity contribution is 5.95. The summed E-state index contributed by atoms with van der Waals surface area (Å²) < 4.78 is 26.8. The van der Waals surface area contributed by atoms with Gasteiger partial charge in [0.2, 0.25) is 0 Å². The first kappa shape index (κ1) is 14.4. The molecule has 1 amide bonds. The third-order valence-electron chi connectivity index (χ3n) is 2.87. The van der Waals surface area contributed by atoms with E-state index in [-0.39, 0.29) is 23.2 Å². The Hall–Kier alpha value is -1.65. The summed E-state index contributed by atoms with van der Waals surface area (Å²) in [7, 11) is 0. The summed E-state index contributed by atoms with van der Waals surface area (Å²) >= 11 is 0. The molecule has 0 aliphatic rings. The number of nitrogen functional groups attached to an aromatic ring is 1. The highest BCUT2D eigenvalue weighted by Gasteiger charge is 2.20. The molecular weight excluding hydrogens is 238 g/mol. The quantitative estimate of drug-likeness (QED) is 0.814. The Balaban J connectivity index is 2.97. The van der Waals surface area contributed by atoms with Crippen molar-refractivity contribution in [2.45, 2.75) is 33.2 Å². The minimum atomic E-state index is -0.882. The second-order valence-electron chi connectivity index (χ2n) is 4.59. The molecule has 0 aliphatic heterocycles. The summed E-state index contributed by atoms with van der Waals surface area (Å²) in [5.41, 5.74) is 4.57. The first-order chi connectivity index (χ1) is 8.36. The Morgan fingerprint density at radius 1 is 1.39 bits per heavy atom. The molecule has 0 spiro atoms. The van der Waals surface area contributed by atoms with Gasteiger partial charge in [0.05, 0.1) is 11.3 Å². The molecule has 0 aliphatic carbocycles. The van der Waals surface area contributed by atoms with Crippen LogP contribution in [0.2, 0.25) is 0 Å². The van der Waals surface area contributed by atoms with Crippen molar-refractivity contribution in [2.24, 2.45) is 5.92 Å².